The number of aromatic carboxylic acids is 1. The van der Waals surface area contributed by atoms with E-state index in [2.05, 4.69) is 10.2 Å². The van der Waals surface area contributed by atoms with Crippen LogP contribution in [0.3, 0.4) is 0 Å². The number of anilines is 1. The van der Waals surface area contributed by atoms with Gasteiger partial charge in [-0.1, -0.05) is 0 Å². The van der Waals surface area contributed by atoms with Crippen LogP contribution in [0.25, 0.3) is 0 Å². The number of nitrogens with two attached hydrogens (primary N) is 1. The van der Waals surface area contributed by atoms with Crippen molar-refractivity contribution < 1.29 is 9.90 Å². The third-order valence-electron chi connectivity index (χ3n) is 5.65. The van der Waals surface area contributed by atoms with Gasteiger partial charge in [-0.15, -0.1) is 10.2 Å². The molecule has 0 spiro atoms. The van der Waals surface area contributed by atoms with Gasteiger partial charge in [-0.2, -0.15) is 0 Å². The van der Waals surface area contributed by atoms with Gasteiger partial charge in [-0.25, -0.2) is 4.79 Å². The number of carbonyl (C=O) groups is 1. The molecule has 5 rings (SSSR count). The van der Waals surface area contributed by atoms with Crippen LogP contribution in [-0.2, 0) is 5.41 Å². The molecule has 0 aromatic carbocycles. The first-order valence-corrected chi connectivity index (χ1v) is 7.43. The lowest BCUT2D eigenvalue weighted by molar-refractivity contribution is -0.00505. The Morgan fingerprint density at radius 2 is 1.70 bits per heavy atom. The monoisotopic (exact) mass is 273 g/mol. The van der Waals surface area contributed by atoms with Crippen LogP contribution in [-0.4, -0.2) is 21.3 Å². The van der Waals surface area contributed by atoms with Gasteiger partial charge in [0.15, 0.2) is 5.69 Å². The quantitative estimate of drug-likeness (QED) is 0.862. The van der Waals surface area contributed by atoms with Gasteiger partial charge in [0.05, 0.1) is 0 Å². The van der Waals surface area contributed by atoms with Crippen molar-refractivity contribution in [2.24, 2.45) is 17.8 Å². The van der Waals surface area contributed by atoms with Gasteiger partial charge in [0.1, 0.15) is 5.82 Å². The highest BCUT2D eigenvalue weighted by Crippen LogP contribution is 2.61. The summed E-state index contributed by atoms with van der Waals surface area (Å²) in [6, 6.07) is 1.68. The lowest BCUT2D eigenvalue weighted by Gasteiger charge is -2.57. The van der Waals surface area contributed by atoms with E-state index < -0.39 is 5.97 Å². The van der Waals surface area contributed by atoms with Crippen molar-refractivity contribution in [1.82, 2.24) is 10.2 Å². The number of carboxylic acid groups (broad SMARTS) is 1. The summed E-state index contributed by atoms with van der Waals surface area (Å²) < 4.78 is 0. The maximum atomic E-state index is 11.1. The Balaban J connectivity index is 1.80. The second-order valence-corrected chi connectivity index (χ2v) is 7.03. The van der Waals surface area contributed by atoms with Crippen molar-refractivity contribution in [2.45, 2.75) is 43.9 Å². The zero-order valence-corrected chi connectivity index (χ0v) is 11.4. The Kier molecular flexibility index (Phi) is 2.38. The third kappa shape index (κ3) is 1.65. The summed E-state index contributed by atoms with van der Waals surface area (Å²) >= 11 is 0. The molecule has 4 aliphatic carbocycles. The van der Waals surface area contributed by atoms with E-state index in [4.69, 9.17) is 10.8 Å². The van der Waals surface area contributed by atoms with E-state index in [1.807, 2.05) is 0 Å². The van der Waals surface area contributed by atoms with Crippen LogP contribution >= 0.6 is 0 Å². The SMILES string of the molecule is Nc1nnc(C(=O)O)cc1C12CC3CC(CC(C3)C1)C2. The first-order chi connectivity index (χ1) is 9.56. The summed E-state index contributed by atoms with van der Waals surface area (Å²) in [7, 11) is 0. The van der Waals surface area contributed by atoms with E-state index in [0.29, 0.717) is 5.82 Å². The Morgan fingerprint density at radius 3 is 2.20 bits per heavy atom. The molecule has 1 aromatic rings. The molecular weight excluding hydrogens is 254 g/mol. The van der Waals surface area contributed by atoms with Crippen molar-refractivity contribution in [3.8, 4) is 0 Å². The number of hydrogen-bond donors (Lipinski definition) is 2. The zero-order valence-electron chi connectivity index (χ0n) is 11.4. The predicted octanol–water partition coefficient (Wildman–Crippen LogP) is 2.22. The van der Waals surface area contributed by atoms with Gasteiger partial charge in [0.2, 0.25) is 0 Å². The molecule has 0 amide bonds. The minimum absolute atomic E-state index is 0.0185. The molecule has 0 radical (unpaired) electrons. The Hall–Kier alpha value is -1.65. The van der Waals surface area contributed by atoms with Crippen molar-refractivity contribution in [3.05, 3.63) is 17.3 Å². The summed E-state index contributed by atoms with van der Waals surface area (Å²) in [4.78, 5) is 11.1. The van der Waals surface area contributed by atoms with Gasteiger partial charge in [0.25, 0.3) is 0 Å². The van der Waals surface area contributed by atoms with Crippen LogP contribution in [0.5, 0.6) is 0 Å². The first-order valence-electron chi connectivity index (χ1n) is 7.43. The maximum absolute atomic E-state index is 11.1. The fourth-order valence-electron chi connectivity index (χ4n) is 5.37. The Labute approximate surface area is 117 Å². The fraction of sp³-hybridized carbons (Fsp3) is 0.667. The third-order valence-corrected chi connectivity index (χ3v) is 5.65. The average Bonchev–Trinajstić information content (AvgIpc) is 2.37. The van der Waals surface area contributed by atoms with Crippen molar-refractivity contribution in [3.63, 3.8) is 0 Å². The number of nitrogen functional groups attached to an aromatic ring is 1. The molecule has 0 saturated heterocycles. The van der Waals surface area contributed by atoms with Gasteiger partial charge in [-0.05, 0) is 67.8 Å². The Morgan fingerprint density at radius 1 is 1.15 bits per heavy atom. The first kappa shape index (κ1) is 12.1. The lowest BCUT2D eigenvalue weighted by atomic mass is 9.48. The van der Waals surface area contributed by atoms with E-state index in [1.165, 1.54) is 19.3 Å². The van der Waals surface area contributed by atoms with Crippen LogP contribution in [0, 0.1) is 17.8 Å². The van der Waals surface area contributed by atoms with E-state index in [1.54, 1.807) is 6.07 Å². The largest absolute Gasteiger partial charge is 0.476 e. The molecule has 106 valence electrons. The molecule has 4 fully saturated rings. The lowest BCUT2D eigenvalue weighted by Crippen LogP contribution is -2.49. The second kappa shape index (κ2) is 3.93. The topological polar surface area (TPSA) is 89.1 Å². The molecule has 1 aromatic heterocycles. The normalized spacial score (nSPS) is 38.1. The van der Waals surface area contributed by atoms with Gasteiger partial charge < -0.3 is 10.8 Å². The highest BCUT2D eigenvalue weighted by molar-refractivity contribution is 5.85. The van der Waals surface area contributed by atoms with Gasteiger partial charge >= 0.3 is 5.97 Å². The minimum Gasteiger partial charge on any atom is -0.476 e. The van der Waals surface area contributed by atoms with Crippen LogP contribution in [0.1, 0.15) is 54.6 Å². The summed E-state index contributed by atoms with van der Waals surface area (Å²) in [5.74, 6) is 1.78. The molecule has 4 bridgehead atoms. The van der Waals surface area contributed by atoms with E-state index in [0.717, 1.165) is 42.6 Å². The van der Waals surface area contributed by atoms with Gasteiger partial charge in [0, 0.05) is 5.56 Å². The van der Waals surface area contributed by atoms with E-state index >= 15 is 0 Å². The summed E-state index contributed by atoms with van der Waals surface area (Å²) in [5, 5.41) is 16.7. The van der Waals surface area contributed by atoms with Crippen molar-refractivity contribution in [1.29, 1.82) is 0 Å². The average molecular weight is 273 g/mol. The number of nitrogens with zero attached hydrogens (tertiary/aromatic N) is 2. The molecule has 5 nitrogen and oxygen atoms in total. The number of carboxylic acids is 1. The number of aromatic nitrogens is 2. The Bertz CT molecular complexity index is 549. The molecule has 5 heteroatoms. The molecular formula is C15H19N3O2. The molecule has 3 N–H and O–H groups in total. The van der Waals surface area contributed by atoms with E-state index in [-0.39, 0.29) is 11.1 Å². The number of rotatable bonds is 2. The van der Waals surface area contributed by atoms with Crippen molar-refractivity contribution >= 4 is 11.8 Å². The second-order valence-electron chi connectivity index (χ2n) is 7.03. The molecule has 0 unspecified atom stereocenters. The minimum atomic E-state index is -1.02. The smallest absolute Gasteiger partial charge is 0.356 e. The summed E-state index contributed by atoms with van der Waals surface area (Å²) in [6.45, 7) is 0. The fourth-order valence-corrected chi connectivity index (χ4v) is 5.37. The molecule has 4 saturated carbocycles. The predicted molar refractivity (Wildman–Crippen MR) is 73.3 cm³/mol. The van der Waals surface area contributed by atoms with Crippen molar-refractivity contribution in [2.75, 3.05) is 5.73 Å². The molecule has 0 aliphatic heterocycles. The van der Waals surface area contributed by atoms with Crippen LogP contribution in [0.4, 0.5) is 5.82 Å². The highest BCUT2D eigenvalue weighted by atomic mass is 16.4. The maximum Gasteiger partial charge on any atom is 0.356 e. The summed E-state index contributed by atoms with van der Waals surface area (Å²) in [6.07, 6.45) is 7.49. The zero-order chi connectivity index (χ0) is 13.9. The summed E-state index contributed by atoms with van der Waals surface area (Å²) in [5.41, 5.74) is 7.08. The van der Waals surface area contributed by atoms with E-state index in [9.17, 15) is 4.79 Å². The number of hydrogen-bond acceptors (Lipinski definition) is 4. The van der Waals surface area contributed by atoms with Crippen LogP contribution < -0.4 is 5.73 Å². The van der Waals surface area contributed by atoms with Crippen LogP contribution in [0.15, 0.2) is 6.07 Å². The molecule has 0 atom stereocenters. The highest BCUT2D eigenvalue weighted by Gasteiger charge is 2.52. The van der Waals surface area contributed by atoms with Gasteiger partial charge in [-0.3, -0.25) is 0 Å². The molecule has 1 heterocycles. The molecule has 20 heavy (non-hydrogen) atoms. The molecule has 4 aliphatic rings. The van der Waals surface area contributed by atoms with Crippen LogP contribution in [0.2, 0.25) is 0 Å². The standard InChI is InChI=1S/C15H19N3O2/c16-13-11(4-12(14(19)20)17-18-13)15-5-8-1-9(6-15)3-10(2-8)7-15/h4,8-10H,1-3,5-7H2,(H2,16,18)(H,19,20).